The quantitative estimate of drug-likeness (QED) is 0.335. The molecule has 1 aromatic carbocycles. The summed E-state index contributed by atoms with van der Waals surface area (Å²) in [5.41, 5.74) is 0.663. The monoisotopic (exact) mass is 211 g/mol. The van der Waals surface area contributed by atoms with Crippen molar-refractivity contribution in [2.45, 2.75) is 0 Å². The minimum atomic E-state index is 0. The first-order valence-corrected chi connectivity index (χ1v) is 3.83. The van der Waals surface area contributed by atoms with Crippen LogP contribution in [0.4, 0.5) is 5.69 Å². The molecule has 1 rings (SSSR count). The van der Waals surface area contributed by atoms with Crippen LogP contribution in [0.5, 0.6) is 5.75 Å². The van der Waals surface area contributed by atoms with E-state index in [1.54, 1.807) is 36.4 Å². The van der Waals surface area contributed by atoms with Gasteiger partial charge in [-0.05, 0) is 6.07 Å². The van der Waals surface area contributed by atoms with Crippen LogP contribution in [0.2, 0.25) is 0 Å². The Labute approximate surface area is 88.5 Å². The minimum absolute atomic E-state index is 0. The van der Waals surface area contributed by atoms with Crippen LogP contribution in [-0.4, -0.2) is 12.7 Å². The van der Waals surface area contributed by atoms with Crippen molar-refractivity contribution in [1.82, 2.24) is 0 Å². The fraction of sp³-hybridized carbons (Fsp3) is 0.100. The molecule has 0 unspecified atom stereocenters. The lowest BCUT2D eigenvalue weighted by molar-refractivity contribution is -0.350. The molecule has 0 spiro atoms. The highest BCUT2D eigenvalue weighted by molar-refractivity contribution is 5.39. The molecule has 0 aliphatic carbocycles. The number of halogens is 1. The van der Waals surface area contributed by atoms with E-state index in [9.17, 15) is 4.79 Å². The third-order valence-corrected chi connectivity index (χ3v) is 1.40. The average molecular weight is 212 g/mol. The molecule has 74 valence electrons. The summed E-state index contributed by atoms with van der Waals surface area (Å²) in [5, 5.41) is 0. The zero-order valence-electron chi connectivity index (χ0n) is 7.50. The van der Waals surface area contributed by atoms with Gasteiger partial charge in [0.05, 0.1) is 6.07 Å². The first-order valence-electron chi connectivity index (χ1n) is 3.83. The highest BCUT2D eigenvalue weighted by atomic mass is 35.5. The van der Waals surface area contributed by atoms with E-state index in [1.807, 2.05) is 0 Å². The van der Waals surface area contributed by atoms with Gasteiger partial charge in [0, 0.05) is 6.07 Å². The van der Waals surface area contributed by atoms with E-state index in [0.717, 1.165) is 0 Å². The molecule has 0 fully saturated rings. The van der Waals surface area contributed by atoms with Crippen molar-refractivity contribution in [2.24, 2.45) is 0 Å². The number of hydrogen-bond acceptors (Lipinski definition) is 2. The molecule has 0 aliphatic rings. The fourth-order valence-electron chi connectivity index (χ4n) is 0.878. The van der Waals surface area contributed by atoms with E-state index < -0.39 is 0 Å². The van der Waals surface area contributed by atoms with Crippen LogP contribution < -0.4 is 22.1 Å². The zero-order valence-corrected chi connectivity index (χ0v) is 8.25. The number of nitrogens with one attached hydrogen (secondary N) is 1. The minimum Gasteiger partial charge on any atom is -1.00 e. The summed E-state index contributed by atoms with van der Waals surface area (Å²) in [7, 11) is 0. The number of benzene rings is 1. The van der Waals surface area contributed by atoms with Crippen LogP contribution in [0.3, 0.4) is 0 Å². The molecule has 0 atom stereocenters. The van der Waals surface area contributed by atoms with Crippen molar-refractivity contribution < 1.29 is 26.9 Å². The van der Waals surface area contributed by atoms with Gasteiger partial charge in [0.2, 0.25) is 5.69 Å². The van der Waals surface area contributed by atoms with Gasteiger partial charge < -0.3 is 17.1 Å². The molecule has 0 amide bonds. The zero-order chi connectivity index (χ0) is 9.52. The van der Waals surface area contributed by atoms with E-state index >= 15 is 0 Å². The third-order valence-electron chi connectivity index (χ3n) is 1.40. The number of isocyanates is 1. The first kappa shape index (κ1) is 12.4. The van der Waals surface area contributed by atoms with Crippen molar-refractivity contribution in [3.05, 3.63) is 36.9 Å². The van der Waals surface area contributed by atoms with Gasteiger partial charge in [-0.2, -0.15) is 4.79 Å². The topological polar surface area (TPSA) is 40.3 Å². The molecule has 14 heavy (non-hydrogen) atoms. The van der Waals surface area contributed by atoms with Crippen molar-refractivity contribution in [1.29, 1.82) is 0 Å². The molecule has 1 N–H and O–H groups in total. The highest BCUT2D eigenvalue weighted by Crippen LogP contribution is 2.12. The van der Waals surface area contributed by atoms with Gasteiger partial charge in [-0.3, -0.25) is 0 Å². The van der Waals surface area contributed by atoms with Crippen molar-refractivity contribution >= 4 is 11.8 Å². The summed E-state index contributed by atoms with van der Waals surface area (Å²) in [4.78, 5) is 12.4. The summed E-state index contributed by atoms with van der Waals surface area (Å²) in [6.07, 6.45) is 3.25. The summed E-state index contributed by atoms with van der Waals surface area (Å²) in [6.45, 7) is 3.98. The maximum atomic E-state index is 10.0. The van der Waals surface area contributed by atoms with Crippen LogP contribution in [-0.2, 0) is 4.79 Å². The Morgan fingerprint density at radius 3 is 3.00 bits per heavy atom. The summed E-state index contributed by atoms with van der Waals surface area (Å²) in [6, 6.07) is 7.07. The van der Waals surface area contributed by atoms with Crippen LogP contribution in [0.15, 0.2) is 36.9 Å². The third kappa shape index (κ3) is 3.90. The fourth-order valence-corrected chi connectivity index (χ4v) is 0.878. The molecule has 0 saturated carbocycles. The van der Waals surface area contributed by atoms with Gasteiger partial charge in [0.1, 0.15) is 12.4 Å². The Morgan fingerprint density at radius 2 is 2.36 bits per heavy atom. The molecule has 0 aromatic heterocycles. The van der Waals surface area contributed by atoms with E-state index in [-0.39, 0.29) is 12.4 Å². The smallest absolute Gasteiger partial charge is 0.428 e. The average Bonchev–Trinajstić information content (AvgIpc) is 2.16. The van der Waals surface area contributed by atoms with E-state index in [1.165, 1.54) is 0 Å². The van der Waals surface area contributed by atoms with Gasteiger partial charge in [-0.25, -0.2) is 0 Å². The Hall–Kier alpha value is -1.57. The molecule has 4 heteroatoms. The van der Waals surface area contributed by atoms with Gasteiger partial charge in [0.15, 0.2) is 0 Å². The van der Waals surface area contributed by atoms with Crippen molar-refractivity contribution in [3.8, 4) is 5.75 Å². The molecule has 0 saturated heterocycles. The van der Waals surface area contributed by atoms with Crippen molar-refractivity contribution in [3.63, 3.8) is 0 Å². The lowest BCUT2D eigenvalue weighted by atomic mass is 10.3. The Morgan fingerprint density at radius 1 is 1.57 bits per heavy atom. The van der Waals surface area contributed by atoms with Crippen LogP contribution in [0.1, 0.15) is 0 Å². The highest BCUT2D eigenvalue weighted by Gasteiger charge is 1.97. The second-order valence-electron chi connectivity index (χ2n) is 2.35. The van der Waals surface area contributed by atoms with Gasteiger partial charge >= 0.3 is 6.08 Å². The lowest BCUT2D eigenvalue weighted by Gasteiger charge is -2.00. The Balaban J connectivity index is 0.00000169. The predicted molar refractivity (Wildman–Crippen MR) is 48.5 cm³/mol. The van der Waals surface area contributed by atoms with E-state index in [4.69, 9.17) is 4.74 Å². The number of rotatable bonds is 4. The molecule has 3 nitrogen and oxygen atoms in total. The number of ether oxygens (including phenoxy) is 1. The van der Waals surface area contributed by atoms with Crippen molar-refractivity contribution in [2.75, 3.05) is 6.61 Å². The second-order valence-corrected chi connectivity index (χ2v) is 2.35. The molecule has 0 heterocycles. The number of carbonyl (C=O) groups excluding carboxylic acids is 1. The normalized spacial score (nSPS) is 8.00. The lowest BCUT2D eigenvalue weighted by Crippen LogP contribution is -3.00. The molecular formula is C10H10ClNO2. The summed E-state index contributed by atoms with van der Waals surface area (Å²) >= 11 is 0. The molecule has 0 radical (unpaired) electrons. The van der Waals surface area contributed by atoms with Crippen LogP contribution in [0, 0.1) is 0 Å². The summed E-state index contributed by atoms with van der Waals surface area (Å²) < 4.78 is 5.25. The summed E-state index contributed by atoms with van der Waals surface area (Å²) in [5.74, 6) is 0.695. The first-order chi connectivity index (χ1) is 6.36. The SMILES string of the molecule is C=CCOc1cccc([NH+]=C=O)c1.[Cl-]. The van der Waals surface area contributed by atoms with Gasteiger partial charge in [-0.1, -0.05) is 18.7 Å². The van der Waals surface area contributed by atoms with E-state index in [0.29, 0.717) is 18.0 Å². The molecule has 0 bridgehead atoms. The standard InChI is InChI=1S/C10H9NO2.ClH/c1-2-6-13-10-5-3-4-9(7-10)11-8-12;/h2-5,7H,1,6H2;1H. The Bertz CT molecular complexity index is 346. The largest absolute Gasteiger partial charge is 1.00 e. The molecule has 0 aliphatic heterocycles. The Kier molecular flexibility index (Phi) is 6.12. The molecular weight excluding hydrogens is 202 g/mol. The van der Waals surface area contributed by atoms with Crippen LogP contribution >= 0.6 is 0 Å². The maximum Gasteiger partial charge on any atom is 0.428 e. The van der Waals surface area contributed by atoms with E-state index in [2.05, 4.69) is 11.6 Å². The van der Waals surface area contributed by atoms with Crippen LogP contribution in [0.25, 0.3) is 0 Å². The number of hydrogen-bond donors (Lipinski definition) is 1. The maximum absolute atomic E-state index is 10.0. The van der Waals surface area contributed by atoms with Gasteiger partial charge in [0.25, 0.3) is 0 Å². The second kappa shape index (κ2) is 6.89. The van der Waals surface area contributed by atoms with Gasteiger partial charge in [-0.15, -0.1) is 4.99 Å². The molecule has 1 aromatic rings. The predicted octanol–water partition coefficient (Wildman–Crippen LogP) is -2.70.